The van der Waals surface area contributed by atoms with Crippen LogP contribution in [0.3, 0.4) is 0 Å². The van der Waals surface area contributed by atoms with Crippen molar-refractivity contribution < 1.29 is 0 Å². The molecule has 2 aliphatic carbocycles. The molecule has 0 radical (unpaired) electrons. The van der Waals surface area contributed by atoms with E-state index < -0.39 is 0 Å². The third-order valence-electron chi connectivity index (χ3n) is 2.87. The van der Waals surface area contributed by atoms with E-state index in [-0.39, 0.29) is 0 Å². The fourth-order valence-corrected chi connectivity index (χ4v) is 1.85. The van der Waals surface area contributed by atoms with Crippen LogP contribution in [0.25, 0.3) is 0 Å². The molecule has 0 nitrogen and oxygen atoms in total. The van der Waals surface area contributed by atoms with E-state index in [1.54, 1.807) is 0 Å². The fourth-order valence-electron chi connectivity index (χ4n) is 1.85. The molecular formula is C14H20. The number of hydrogen-bond acceptors (Lipinski definition) is 0. The first-order valence-corrected chi connectivity index (χ1v) is 5.44. The van der Waals surface area contributed by atoms with Gasteiger partial charge in [0.25, 0.3) is 0 Å². The average molecular weight is 188 g/mol. The number of fused-ring (bicyclic) bond motifs is 1. The Hall–Kier alpha value is -1.04. The lowest BCUT2D eigenvalue weighted by molar-refractivity contribution is 0.917. The van der Waals surface area contributed by atoms with Gasteiger partial charge in [-0.15, -0.1) is 0 Å². The molecule has 0 bridgehead atoms. The zero-order valence-electron chi connectivity index (χ0n) is 9.51. The SMILES string of the molecule is C=C/C(C)=C1/C=CC2CC2C1=C.CC. The summed E-state index contributed by atoms with van der Waals surface area (Å²) in [5.41, 5.74) is 3.88. The molecule has 2 atom stereocenters. The van der Waals surface area contributed by atoms with Gasteiger partial charge < -0.3 is 0 Å². The molecular weight excluding hydrogens is 168 g/mol. The van der Waals surface area contributed by atoms with E-state index in [9.17, 15) is 0 Å². The fraction of sp³-hybridized carbons (Fsp3) is 0.429. The second kappa shape index (κ2) is 4.45. The van der Waals surface area contributed by atoms with Crippen LogP contribution in [0, 0.1) is 11.8 Å². The van der Waals surface area contributed by atoms with E-state index in [0.29, 0.717) is 0 Å². The first kappa shape index (κ1) is 11.0. The monoisotopic (exact) mass is 188 g/mol. The molecule has 0 saturated heterocycles. The van der Waals surface area contributed by atoms with Crippen molar-refractivity contribution in [3.63, 3.8) is 0 Å². The summed E-state index contributed by atoms with van der Waals surface area (Å²) in [6, 6.07) is 0. The minimum atomic E-state index is 0.750. The van der Waals surface area contributed by atoms with E-state index in [4.69, 9.17) is 0 Å². The van der Waals surface area contributed by atoms with Crippen LogP contribution in [0.2, 0.25) is 0 Å². The molecule has 76 valence electrons. The van der Waals surface area contributed by atoms with Crippen molar-refractivity contribution in [2.45, 2.75) is 27.2 Å². The van der Waals surface area contributed by atoms with Gasteiger partial charge in [-0.1, -0.05) is 45.2 Å². The van der Waals surface area contributed by atoms with Gasteiger partial charge in [-0.05, 0) is 41.9 Å². The molecule has 0 aromatic carbocycles. The largest absolute Gasteiger partial charge is 0.0988 e. The van der Waals surface area contributed by atoms with Gasteiger partial charge in [0.1, 0.15) is 0 Å². The molecule has 2 aliphatic rings. The zero-order valence-corrected chi connectivity index (χ0v) is 9.51. The van der Waals surface area contributed by atoms with Crippen molar-refractivity contribution in [3.8, 4) is 0 Å². The Labute approximate surface area is 87.7 Å². The van der Waals surface area contributed by atoms with E-state index in [0.717, 1.165) is 11.8 Å². The number of allylic oxidation sites excluding steroid dienone is 6. The second-order valence-electron chi connectivity index (χ2n) is 3.69. The molecule has 0 aromatic rings. The molecule has 1 saturated carbocycles. The zero-order chi connectivity index (χ0) is 10.7. The highest BCUT2D eigenvalue weighted by atomic mass is 14.4. The van der Waals surface area contributed by atoms with Crippen LogP contribution in [0.15, 0.2) is 48.1 Å². The van der Waals surface area contributed by atoms with Crippen LogP contribution in [-0.2, 0) is 0 Å². The first-order chi connectivity index (χ1) is 6.74. The molecule has 0 aromatic heterocycles. The van der Waals surface area contributed by atoms with Crippen molar-refractivity contribution in [3.05, 3.63) is 48.1 Å². The van der Waals surface area contributed by atoms with Gasteiger partial charge in [-0.3, -0.25) is 0 Å². The van der Waals surface area contributed by atoms with Crippen molar-refractivity contribution in [2.75, 3.05) is 0 Å². The maximum atomic E-state index is 4.13. The Bertz CT molecular complexity index is 302. The summed E-state index contributed by atoms with van der Waals surface area (Å²) >= 11 is 0. The Morgan fingerprint density at radius 3 is 2.71 bits per heavy atom. The molecule has 14 heavy (non-hydrogen) atoms. The summed E-state index contributed by atoms with van der Waals surface area (Å²) in [6.07, 6.45) is 7.73. The molecule has 0 aliphatic heterocycles. The van der Waals surface area contributed by atoms with Crippen LogP contribution < -0.4 is 0 Å². The molecule has 0 spiro atoms. The lowest BCUT2D eigenvalue weighted by Gasteiger charge is -2.12. The van der Waals surface area contributed by atoms with Gasteiger partial charge in [0.2, 0.25) is 0 Å². The standard InChI is InChI=1S/C12H14.C2H6/c1-4-8(2)11-6-5-10-7-12(10)9(11)3;1-2/h4-6,10,12H,1,3,7H2,2H3;1-2H3/b11-8-;. The maximum Gasteiger partial charge on any atom is -0.00927 e. The van der Waals surface area contributed by atoms with Crippen molar-refractivity contribution in [2.24, 2.45) is 11.8 Å². The molecule has 0 heterocycles. The average Bonchev–Trinajstić information content (AvgIpc) is 3.00. The summed E-state index contributed by atoms with van der Waals surface area (Å²) in [5.74, 6) is 1.55. The number of hydrogen-bond donors (Lipinski definition) is 0. The number of rotatable bonds is 1. The molecule has 2 unspecified atom stereocenters. The van der Waals surface area contributed by atoms with Gasteiger partial charge in [0, 0.05) is 0 Å². The summed E-state index contributed by atoms with van der Waals surface area (Å²) in [7, 11) is 0. The lowest BCUT2D eigenvalue weighted by atomic mass is 9.93. The van der Waals surface area contributed by atoms with Crippen LogP contribution in [0.4, 0.5) is 0 Å². The second-order valence-corrected chi connectivity index (χ2v) is 3.69. The minimum absolute atomic E-state index is 0.750. The van der Waals surface area contributed by atoms with Crippen LogP contribution in [-0.4, -0.2) is 0 Å². The topological polar surface area (TPSA) is 0 Å². The summed E-state index contributed by atoms with van der Waals surface area (Å²) in [6.45, 7) is 14.0. The van der Waals surface area contributed by atoms with Crippen molar-refractivity contribution in [1.82, 2.24) is 0 Å². The van der Waals surface area contributed by atoms with Crippen molar-refractivity contribution in [1.29, 1.82) is 0 Å². The van der Waals surface area contributed by atoms with Crippen LogP contribution >= 0.6 is 0 Å². The smallest absolute Gasteiger partial charge is 0.00927 e. The van der Waals surface area contributed by atoms with E-state index in [1.807, 2.05) is 19.9 Å². The van der Waals surface area contributed by atoms with Gasteiger partial charge in [0.15, 0.2) is 0 Å². The maximum absolute atomic E-state index is 4.13. The quantitative estimate of drug-likeness (QED) is 0.576. The third kappa shape index (κ3) is 1.89. The van der Waals surface area contributed by atoms with E-state index >= 15 is 0 Å². The van der Waals surface area contributed by atoms with Gasteiger partial charge in [-0.2, -0.15) is 0 Å². The van der Waals surface area contributed by atoms with Crippen LogP contribution in [0.5, 0.6) is 0 Å². The van der Waals surface area contributed by atoms with Gasteiger partial charge in [0.05, 0.1) is 0 Å². The highest BCUT2D eigenvalue weighted by molar-refractivity contribution is 5.51. The Balaban J connectivity index is 0.000000461. The minimum Gasteiger partial charge on any atom is -0.0988 e. The highest BCUT2D eigenvalue weighted by Crippen LogP contribution is 2.50. The summed E-state index contributed by atoms with van der Waals surface area (Å²) in [4.78, 5) is 0. The predicted molar refractivity (Wildman–Crippen MR) is 64.1 cm³/mol. The summed E-state index contributed by atoms with van der Waals surface area (Å²) < 4.78 is 0. The Morgan fingerprint density at radius 1 is 1.50 bits per heavy atom. The van der Waals surface area contributed by atoms with Gasteiger partial charge >= 0.3 is 0 Å². The van der Waals surface area contributed by atoms with E-state index in [2.05, 4.69) is 32.2 Å². The third-order valence-corrected chi connectivity index (χ3v) is 2.87. The highest BCUT2D eigenvalue weighted by Gasteiger charge is 2.40. The van der Waals surface area contributed by atoms with E-state index in [1.165, 1.54) is 23.1 Å². The summed E-state index contributed by atoms with van der Waals surface area (Å²) in [5, 5.41) is 0. The molecule has 0 heteroatoms. The Morgan fingerprint density at radius 2 is 2.14 bits per heavy atom. The van der Waals surface area contributed by atoms with Crippen molar-refractivity contribution >= 4 is 0 Å². The molecule has 1 fully saturated rings. The first-order valence-electron chi connectivity index (χ1n) is 5.44. The van der Waals surface area contributed by atoms with Crippen LogP contribution in [0.1, 0.15) is 27.2 Å². The Kier molecular flexibility index (Phi) is 3.51. The normalized spacial score (nSPS) is 31.2. The molecule has 0 N–H and O–H groups in total. The molecule has 2 rings (SSSR count). The lowest BCUT2D eigenvalue weighted by Crippen LogP contribution is -1.97. The molecule has 0 amide bonds. The van der Waals surface area contributed by atoms with Gasteiger partial charge in [-0.25, -0.2) is 0 Å². The predicted octanol–water partition coefficient (Wildman–Crippen LogP) is 4.28.